The van der Waals surface area contributed by atoms with Crippen molar-refractivity contribution in [3.8, 4) is 11.1 Å². The maximum atomic E-state index is 13.2. The number of rotatable bonds is 7. The number of carboxylic acids is 1. The summed E-state index contributed by atoms with van der Waals surface area (Å²) in [5.74, 6) is -1.65. The quantitative estimate of drug-likeness (QED) is 0.654. The third-order valence-corrected chi connectivity index (χ3v) is 5.93. The van der Waals surface area contributed by atoms with E-state index in [-0.39, 0.29) is 18.6 Å². The predicted octanol–water partition coefficient (Wildman–Crippen LogP) is 4.26. The number of carbonyl (C=O) groups is 3. The Morgan fingerprint density at radius 2 is 1.52 bits per heavy atom. The molecule has 2 aromatic carbocycles. The summed E-state index contributed by atoms with van der Waals surface area (Å²) in [5.41, 5.74) is 3.82. The van der Waals surface area contributed by atoms with Gasteiger partial charge in [0.05, 0.1) is 0 Å². The highest BCUT2D eigenvalue weighted by Crippen LogP contribution is 2.44. The van der Waals surface area contributed by atoms with Gasteiger partial charge in [-0.15, -0.1) is 0 Å². The minimum atomic E-state index is -1.11. The molecule has 33 heavy (non-hydrogen) atoms. The van der Waals surface area contributed by atoms with Crippen LogP contribution in [0, 0.1) is 5.41 Å². The molecule has 7 heteroatoms. The zero-order valence-corrected chi connectivity index (χ0v) is 19.8. The molecule has 0 saturated carbocycles. The van der Waals surface area contributed by atoms with E-state index < -0.39 is 36.0 Å². The van der Waals surface area contributed by atoms with Crippen LogP contribution in [0.15, 0.2) is 48.5 Å². The maximum Gasteiger partial charge on any atom is 0.407 e. The Balaban J connectivity index is 1.74. The minimum absolute atomic E-state index is 0.0916. The molecule has 2 amide bonds. The monoisotopic (exact) mass is 452 g/mol. The lowest BCUT2D eigenvalue weighted by Gasteiger charge is -2.35. The topological polar surface area (TPSA) is 95.9 Å². The number of carboxylic acid groups (broad SMARTS) is 1. The minimum Gasteiger partial charge on any atom is -0.480 e. The Hall–Kier alpha value is -3.35. The van der Waals surface area contributed by atoms with Crippen LogP contribution in [0.4, 0.5) is 4.79 Å². The van der Waals surface area contributed by atoms with Gasteiger partial charge in [-0.2, -0.15) is 0 Å². The standard InChI is InChI=1S/C26H32N2O5/c1-16(2)28(14-22(29)30)24(31)23(26(3,4)5)27-25(32)33-15-21-19-12-8-6-10-17(19)18-11-7-9-13-20(18)21/h6-13,16,21,23H,14-15H2,1-5H3,(H,27,32)(H,29,30). The van der Waals surface area contributed by atoms with Crippen molar-refractivity contribution in [2.24, 2.45) is 5.41 Å². The largest absolute Gasteiger partial charge is 0.480 e. The summed E-state index contributed by atoms with van der Waals surface area (Å²) in [4.78, 5) is 38.5. The Bertz CT molecular complexity index is 995. The van der Waals surface area contributed by atoms with E-state index in [1.165, 1.54) is 4.90 Å². The van der Waals surface area contributed by atoms with Crippen molar-refractivity contribution >= 4 is 18.0 Å². The van der Waals surface area contributed by atoms with Crippen molar-refractivity contribution in [1.82, 2.24) is 10.2 Å². The van der Waals surface area contributed by atoms with Crippen LogP contribution in [0.1, 0.15) is 51.7 Å². The first kappa shape index (κ1) is 24.3. The summed E-state index contributed by atoms with van der Waals surface area (Å²) < 4.78 is 5.60. The van der Waals surface area contributed by atoms with Crippen LogP contribution in [-0.2, 0) is 14.3 Å². The molecule has 0 spiro atoms. The number of fused-ring (bicyclic) bond motifs is 3. The number of carbonyl (C=O) groups excluding carboxylic acids is 2. The van der Waals surface area contributed by atoms with Gasteiger partial charge in [0.25, 0.3) is 0 Å². The fraction of sp³-hybridized carbons (Fsp3) is 0.423. The molecule has 1 unspecified atom stereocenters. The third-order valence-electron chi connectivity index (χ3n) is 5.93. The Labute approximate surface area is 194 Å². The average molecular weight is 453 g/mol. The van der Waals surface area contributed by atoms with Crippen molar-refractivity contribution in [1.29, 1.82) is 0 Å². The number of benzene rings is 2. The molecule has 0 bridgehead atoms. The highest BCUT2D eigenvalue weighted by atomic mass is 16.5. The molecule has 3 rings (SSSR count). The second-order valence-electron chi connectivity index (χ2n) is 9.72. The molecule has 0 heterocycles. The third kappa shape index (κ3) is 5.35. The van der Waals surface area contributed by atoms with Gasteiger partial charge >= 0.3 is 12.1 Å². The van der Waals surface area contributed by atoms with E-state index in [2.05, 4.69) is 17.4 Å². The van der Waals surface area contributed by atoms with E-state index in [4.69, 9.17) is 4.74 Å². The number of ether oxygens (including phenoxy) is 1. The predicted molar refractivity (Wildman–Crippen MR) is 126 cm³/mol. The SMILES string of the molecule is CC(C)N(CC(=O)O)C(=O)C(NC(=O)OCC1c2ccccc2-c2ccccc21)C(C)(C)C. The first-order chi connectivity index (χ1) is 15.5. The fourth-order valence-corrected chi connectivity index (χ4v) is 4.23. The summed E-state index contributed by atoms with van der Waals surface area (Å²) >= 11 is 0. The second-order valence-corrected chi connectivity index (χ2v) is 9.72. The Morgan fingerprint density at radius 3 is 1.97 bits per heavy atom. The van der Waals surface area contributed by atoms with Crippen molar-refractivity contribution in [2.45, 2.75) is 52.6 Å². The van der Waals surface area contributed by atoms with Gasteiger partial charge < -0.3 is 20.1 Å². The van der Waals surface area contributed by atoms with Crippen LogP contribution in [0.5, 0.6) is 0 Å². The second kappa shape index (κ2) is 9.65. The molecule has 0 saturated heterocycles. The maximum absolute atomic E-state index is 13.2. The Kier molecular flexibility index (Phi) is 7.10. The lowest BCUT2D eigenvalue weighted by atomic mass is 9.85. The molecular weight excluding hydrogens is 420 g/mol. The van der Waals surface area contributed by atoms with Gasteiger partial charge in [0.2, 0.25) is 5.91 Å². The van der Waals surface area contributed by atoms with Gasteiger partial charge in [-0.3, -0.25) is 9.59 Å². The number of alkyl carbamates (subject to hydrolysis) is 1. The van der Waals surface area contributed by atoms with Crippen LogP contribution < -0.4 is 5.32 Å². The zero-order chi connectivity index (χ0) is 24.3. The zero-order valence-electron chi connectivity index (χ0n) is 19.8. The first-order valence-corrected chi connectivity index (χ1v) is 11.1. The molecule has 1 aliphatic carbocycles. The van der Waals surface area contributed by atoms with E-state index in [0.29, 0.717) is 0 Å². The van der Waals surface area contributed by atoms with E-state index in [9.17, 15) is 19.5 Å². The van der Waals surface area contributed by atoms with Crippen LogP contribution in [0.3, 0.4) is 0 Å². The van der Waals surface area contributed by atoms with E-state index >= 15 is 0 Å². The van der Waals surface area contributed by atoms with Gasteiger partial charge in [-0.05, 0) is 41.5 Å². The molecule has 0 aliphatic heterocycles. The highest BCUT2D eigenvalue weighted by Gasteiger charge is 2.38. The van der Waals surface area contributed by atoms with Crippen molar-refractivity contribution in [3.05, 3.63) is 59.7 Å². The molecule has 2 aromatic rings. The number of nitrogens with zero attached hydrogens (tertiary/aromatic N) is 1. The number of nitrogens with one attached hydrogen (secondary N) is 1. The molecule has 0 fully saturated rings. The summed E-state index contributed by atoms with van der Waals surface area (Å²) in [7, 11) is 0. The van der Waals surface area contributed by atoms with Crippen LogP contribution >= 0.6 is 0 Å². The van der Waals surface area contributed by atoms with Gasteiger partial charge in [0.1, 0.15) is 19.2 Å². The Morgan fingerprint density at radius 1 is 1.00 bits per heavy atom. The average Bonchev–Trinajstić information content (AvgIpc) is 3.06. The van der Waals surface area contributed by atoms with Gasteiger partial charge in [0, 0.05) is 12.0 Å². The van der Waals surface area contributed by atoms with E-state index in [1.807, 2.05) is 57.2 Å². The molecule has 176 valence electrons. The lowest BCUT2D eigenvalue weighted by molar-refractivity contribution is -0.148. The van der Waals surface area contributed by atoms with E-state index in [0.717, 1.165) is 22.3 Å². The van der Waals surface area contributed by atoms with Crippen molar-refractivity contribution in [3.63, 3.8) is 0 Å². The van der Waals surface area contributed by atoms with Crippen LogP contribution in [0.25, 0.3) is 11.1 Å². The summed E-state index contributed by atoms with van der Waals surface area (Å²) in [5, 5.41) is 11.9. The van der Waals surface area contributed by atoms with Crippen molar-refractivity contribution in [2.75, 3.05) is 13.2 Å². The fourth-order valence-electron chi connectivity index (χ4n) is 4.23. The number of hydrogen-bond acceptors (Lipinski definition) is 4. The smallest absolute Gasteiger partial charge is 0.407 e. The molecule has 2 N–H and O–H groups in total. The van der Waals surface area contributed by atoms with Gasteiger partial charge in [0.15, 0.2) is 0 Å². The number of amides is 2. The van der Waals surface area contributed by atoms with Crippen LogP contribution in [-0.4, -0.2) is 53.2 Å². The lowest BCUT2D eigenvalue weighted by Crippen LogP contribution is -2.57. The highest BCUT2D eigenvalue weighted by molar-refractivity contribution is 5.89. The molecular formula is C26H32N2O5. The van der Waals surface area contributed by atoms with Gasteiger partial charge in [-0.25, -0.2) is 4.79 Å². The first-order valence-electron chi connectivity index (χ1n) is 11.1. The molecule has 1 atom stereocenters. The summed E-state index contributed by atoms with van der Waals surface area (Å²) in [6, 6.07) is 14.8. The molecule has 7 nitrogen and oxygen atoms in total. The molecule has 0 radical (unpaired) electrons. The van der Waals surface area contributed by atoms with E-state index in [1.54, 1.807) is 13.8 Å². The molecule has 0 aromatic heterocycles. The van der Waals surface area contributed by atoms with Crippen LogP contribution in [0.2, 0.25) is 0 Å². The summed E-state index contributed by atoms with van der Waals surface area (Å²) in [6.45, 7) is 8.64. The normalized spacial score (nSPS) is 13.8. The van der Waals surface area contributed by atoms with Crippen molar-refractivity contribution < 1.29 is 24.2 Å². The summed E-state index contributed by atoms with van der Waals surface area (Å²) in [6.07, 6.45) is -0.704. The van der Waals surface area contributed by atoms with Gasteiger partial charge in [-0.1, -0.05) is 69.3 Å². The number of aliphatic carboxylic acids is 1. The number of hydrogen-bond donors (Lipinski definition) is 2. The molecule has 1 aliphatic rings.